The summed E-state index contributed by atoms with van der Waals surface area (Å²) in [5.41, 5.74) is 4.61. The molecule has 6 rings (SSSR count). The summed E-state index contributed by atoms with van der Waals surface area (Å²) in [6.07, 6.45) is 8.85. The van der Waals surface area contributed by atoms with Gasteiger partial charge in [0.15, 0.2) is 0 Å². The molecular weight excluding hydrogens is 436 g/mol. The van der Waals surface area contributed by atoms with Crippen LogP contribution in [0.5, 0.6) is 0 Å². The number of hydrogen-bond acceptors (Lipinski definition) is 9. The molecule has 5 heterocycles. The highest BCUT2D eigenvalue weighted by Crippen LogP contribution is 2.26. The lowest BCUT2D eigenvalue weighted by Gasteiger charge is -2.03. The minimum absolute atomic E-state index is 0.472. The number of imidazole rings is 1. The van der Waals surface area contributed by atoms with Crippen molar-refractivity contribution in [2.24, 2.45) is 0 Å². The monoisotopic (exact) mass is 452 g/mol. The minimum atomic E-state index is 0.472. The number of anilines is 1. The maximum absolute atomic E-state index is 5.47. The second-order valence-corrected chi connectivity index (χ2v) is 8.17. The van der Waals surface area contributed by atoms with Gasteiger partial charge in [0.05, 0.1) is 11.9 Å². The zero-order chi connectivity index (χ0) is 22.0. The van der Waals surface area contributed by atoms with Crippen LogP contribution in [0.2, 0.25) is 0 Å². The van der Waals surface area contributed by atoms with E-state index < -0.39 is 0 Å². The molecule has 0 aliphatic rings. The van der Waals surface area contributed by atoms with E-state index in [0.29, 0.717) is 18.3 Å². The summed E-state index contributed by atoms with van der Waals surface area (Å²) < 4.78 is 7.25. The SMILES string of the molecule is c1cncc(-c2cn3nc(NCc4cccc(-c5nc(-c6ccncc6)no5)c4)sc3n2)c1. The van der Waals surface area contributed by atoms with Gasteiger partial charge in [-0.05, 0) is 42.0 Å². The van der Waals surface area contributed by atoms with E-state index in [-0.39, 0.29) is 0 Å². The first-order chi connectivity index (χ1) is 16.3. The van der Waals surface area contributed by atoms with Gasteiger partial charge >= 0.3 is 0 Å². The molecule has 0 bridgehead atoms. The lowest BCUT2D eigenvalue weighted by molar-refractivity contribution is 0.432. The minimum Gasteiger partial charge on any atom is -0.356 e. The van der Waals surface area contributed by atoms with Crippen LogP contribution in [0, 0.1) is 0 Å². The van der Waals surface area contributed by atoms with Gasteiger partial charge in [-0.15, -0.1) is 5.10 Å². The van der Waals surface area contributed by atoms with Gasteiger partial charge in [-0.3, -0.25) is 9.97 Å². The largest absolute Gasteiger partial charge is 0.356 e. The first-order valence-corrected chi connectivity index (χ1v) is 11.0. The summed E-state index contributed by atoms with van der Waals surface area (Å²) in [5, 5.41) is 12.8. The summed E-state index contributed by atoms with van der Waals surface area (Å²) in [7, 11) is 0. The average molecular weight is 453 g/mol. The van der Waals surface area contributed by atoms with Crippen LogP contribution in [0.1, 0.15) is 5.56 Å². The summed E-state index contributed by atoms with van der Waals surface area (Å²) in [6.45, 7) is 0.602. The third-order valence-electron chi connectivity index (χ3n) is 4.98. The molecule has 0 fully saturated rings. The molecule has 160 valence electrons. The second-order valence-electron chi connectivity index (χ2n) is 7.22. The fourth-order valence-corrected chi connectivity index (χ4v) is 4.15. The highest BCUT2D eigenvalue weighted by molar-refractivity contribution is 7.20. The Labute approximate surface area is 191 Å². The summed E-state index contributed by atoms with van der Waals surface area (Å²) in [6, 6.07) is 15.5. The molecule has 1 aromatic carbocycles. The Morgan fingerprint density at radius 3 is 2.67 bits per heavy atom. The Hall–Kier alpha value is -4.44. The fraction of sp³-hybridized carbons (Fsp3) is 0.0435. The van der Waals surface area contributed by atoms with Crippen molar-refractivity contribution in [3.8, 4) is 34.1 Å². The standard InChI is InChI=1S/C23H16N8OS/c1-3-15(11-17(4-1)21-28-20(30-32-21)16-6-9-24-10-7-16)12-26-22-29-31-14-19(27-23(31)33-22)18-5-2-8-25-13-18/h1-11,13-14H,12H2,(H,26,29). The smallest absolute Gasteiger partial charge is 0.258 e. The van der Waals surface area contributed by atoms with Gasteiger partial charge in [0.1, 0.15) is 0 Å². The van der Waals surface area contributed by atoms with E-state index >= 15 is 0 Å². The molecule has 0 radical (unpaired) electrons. The van der Waals surface area contributed by atoms with Crippen molar-refractivity contribution in [3.05, 3.63) is 85.1 Å². The van der Waals surface area contributed by atoms with Gasteiger partial charge in [-0.25, -0.2) is 9.50 Å². The molecule has 1 N–H and O–H groups in total. The number of nitrogens with zero attached hydrogens (tertiary/aromatic N) is 7. The Morgan fingerprint density at radius 1 is 0.909 bits per heavy atom. The molecule has 0 amide bonds. The first kappa shape index (κ1) is 19.3. The topological polar surface area (TPSA) is 107 Å². The molecule has 0 unspecified atom stereocenters. The molecular formula is C23H16N8OS. The highest BCUT2D eigenvalue weighted by Gasteiger charge is 2.12. The van der Waals surface area contributed by atoms with Crippen LogP contribution in [-0.2, 0) is 6.54 Å². The van der Waals surface area contributed by atoms with E-state index in [1.165, 1.54) is 11.3 Å². The molecule has 0 saturated heterocycles. The Balaban J connectivity index is 1.17. The fourth-order valence-electron chi connectivity index (χ4n) is 3.38. The van der Waals surface area contributed by atoms with Crippen LogP contribution < -0.4 is 5.32 Å². The van der Waals surface area contributed by atoms with E-state index in [4.69, 9.17) is 4.52 Å². The van der Waals surface area contributed by atoms with E-state index in [1.54, 1.807) is 29.3 Å². The lowest BCUT2D eigenvalue weighted by Crippen LogP contribution is -1.99. The molecule has 0 spiro atoms. The molecule has 0 aliphatic carbocycles. The van der Waals surface area contributed by atoms with Crippen LogP contribution in [0.3, 0.4) is 0 Å². The highest BCUT2D eigenvalue weighted by atomic mass is 32.1. The van der Waals surface area contributed by atoms with Crippen LogP contribution in [0.15, 0.2) is 84.0 Å². The van der Waals surface area contributed by atoms with Crippen molar-refractivity contribution in [2.45, 2.75) is 6.54 Å². The predicted octanol–water partition coefficient (Wildman–Crippen LogP) is 4.58. The van der Waals surface area contributed by atoms with Crippen LogP contribution in [0.25, 0.3) is 39.1 Å². The second kappa shape index (κ2) is 8.24. The Bertz CT molecular complexity index is 1490. The normalized spacial score (nSPS) is 11.2. The number of nitrogens with one attached hydrogen (secondary N) is 1. The Kier molecular flexibility index (Phi) is 4.81. The van der Waals surface area contributed by atoms with E-state index in [2.05, 4.69) is 35.5 Å². The van der Waals surface area contributed by atoms with Gasteiger partial charge in [-0.1, -0.05) is 28.6 Å². The molecule has 33 heavy (non-hydrogen) atoms. The zero-order valence-corrected chi connectivity index (χ0v) is 18.0. The average Bonchev–Trinajstić information content (AvgIpc) is 3.60. The molecule has 10 heteroatoms. The van der Waals surface area contributed by atoms with Gasteiger partial charge in [-0.2, -0.15) is 4.98 Å². The van der Waals surface area contributed by atoms with E-state index in [9.17, 15) is 0 Å². The summed E-state index contributed by atoms with van der Waals surface area (Å²) in [4.78, 5) is 18.1. The van der Waals surface area contributed by atoms with Crippen molar-refractivity contribution in [3.63, 3.8) is 0 Å². The summed E-state index contributed by atoms with van der Waals surface area (Å²) in [5.74, 6) is 1.01. The lowest BCUT2D eigenvalue weighted by atomic mass is 10.1. The van der Waals surface area contributed by atoms with Crippen LogP contribution >= 0.6 is 11.3 Å². The predicted molar refractivity (Wildman–Crippen MR) is 124 cm³/mol. The van der Waals surface area contributed by atoms with Crippen LogP contribution in [0.4, 0.5) is 5.13 Å². The molecule has 5 aromatic heterocycles. The zero-order valence-electron chi connectivity index (χ0n) is 17.2. The van der Waals surface area contributed by atoms with Gasteiger partial charge in [0.2, 0.25) is 15.9 Å². The van der Waals surface area contributed by atoms with Gasteiger partial charge in [0, 0.05) is 48.0 Å². The number of aromatic nitrogens is 7. The first-order valence-electron chi connectivity index (χ1n) is 10.2. The van der Waals surface area contributed by atoms with Crippen molar-refractivity contribution in [1.82, 2.24) is 34.7 Å². The Morgan fingerprint density at radius 2 is 1.82 bits per heavy atom. The number of pyridine rings is 2. The maximum atomic E-state index is 5.47. The third kappa shape index (κ3) is 3.94. The molecule has 0 aliphatic heterocycles. The van der Waals surface area contributed by atoms with Gasteiger partial charge < -0.3 is 9.84 Å². The third-order valence-corrected chi connectivity index (χ3v) is 5.86. The van der Waals surface area contributed by atoms with E-state index in [0.717, 1.165) is 38.0 Å². The molecule has 0 atom stereocenters. The number of fused-ring (bicyclic) bond motifs is 1. The molecule has 0 saturated carbocycles. The van der Waals surface area contributed by atoms with Crippen molar-refractivity contribution < 1.29 is 4.52 Å². The van der Waals surface area contributed by atoms with Gasteiger partial charge in [0.25, 0.3) is 5.89 Å². The number of rotatable bonds is 6. The van der Waals surface area contributed by atoms with Crippen molar-refractivity contribution in [2.75, 3.05) is 5.32 Å². The van der Waals surface area contributed by atoms with E-state index in [1.807, 2.05) is 54.7 Å². The molecule has 6 aromatic rings. The summed E-state index contributed by atoms with van der Waals surface area (Å²) >= 11 is 1.50. The van der Waals surface area contributed by atoms with Crippen molar-refractivity contribution >= 4 is 21.4 Å². The number of hydrogen-bond donors (Lipinski definition) is 1. The van der Waals surface area contributed by atoms with Crippen molar-refractivity contribution in [1.29, 1.82) is 0 Å². The van der Waals surface area contributed by atoms with Crippen LogP contribution in [-0.4, -0.2) is 34.7 Å². The maximum Gasteiger partial charge on any atom is 0.258 e. The number of benzene rings is 1. The quantitative estimate of drug-likeness (QED) is 0.391. The molecule has 9 nitrogen and oxygen atoms in total.